The molecule has 2 unspecified atom stereocenters. The van der Waals surface area contributed by atoms with Gasteiger partial charge in [-0.1, -0.05) is 41.9 Å². The molecule has 1 saturated heterocycles. The number of ketones is 1. The lowest BCUT2D eigenvalue weighted by Gasteiger charge is -2.11. The normalized spacial score (nSPS) is 17.1. The van der Waals surface area contributed by atoms with Crippen LogP contribution >= 0.6 is 11.6 Å². The third-order valence-corrected chi connectivity index (χ3v) is 6.23. The molecule has 36 heavy (non-hydrogen) atoms. The zero-order valence-corrected chi connectivity index (χ0v) is 21.5. The number of aldehydes is 2. The zero-order chi connectivity index (χ0) is 26.7. The number of fused-ring (bicyclic) bond motifs is 1. The lowest BCUT2D eigenvalue weighted by Crippen LogP contribution is -2.25. The minimum Gasteiger partial charge on any atom is -0.396 e. The molecule has 0 bridgehead atoms. The van der Waals surface area contributed by atoms with Crippen molar-refractivity contribution in [2.75, 3.05) is 27.2 Å². The van der Waals surface area contributed by atoms with Gasteiger partial charge in [-0.15, -0.1) is 0 Å². The Bertz CT molecular complexity index is 1170. The van der Waals surface area contributed by atoms with Crippen LogP contribution in [-0.2, 0) is 22.7 Å². The highest BCUT2D eigenvalue weighted by Crippen LogP contribution is 2.21. The smallest absolute Gasteiger partial charge is 0.161 e. The van der Waals surface area contributed by atoms with Crippen LogP contribution in [0, 0.1) is 11.7 Å². The number of likely N-dealkylation sites (N-methyl/N-ethyl adjacent to an activating group) is 1. The topological polar surface area (TPSA) is 91.6 Å². The molecule has 0 radical (unpaired) electrons. The number of halogens is 2. The van der Waals surface area contributed by atoms with Gasteiger partial charge in [-0.05, 0) is 45.5 Å². The highest BCUT2D eigenvalue weighted by Gasteiger charge is 2.28. The van der Waals surface area contributed by atoms with Crippen molar-refractivity contribution in [1.82, 2.24) is 14.8 Å². The van der Waals surface area contributed by atoms with Gasteiger partial charge < -0.3 is 24.6 Å². The summed E-state index contributed by atoms with van der Waals surface area (Å²) in [6.45, 7) is 3.38. The highest BCUT2D eigenvalue weighted by molar-refractivity contribution is 6.30. The van der Waals surface area contributed by atoms with Crippen LogP contribution in [0.2, 0.25) is 5.02 Å². The van der Waals surface area contributed by atoms with Crippen LogP contribution in [0.5, 0.6) is 0 Å². The largest absolute Gasteiger partial charge is 0.396 e. The minimum absolute atomic E-state index is 0.0239. The highest BCUT2D eigenvalue weighted by atomic mass is 35.5. The standard InChI is InChI=1S/C12H11NO2.C8H9ClFN.C7H13NO2/c1-9(15)11-8-13(6-7-14)12-5-3-2-4-10(11)12;1-11-5-6-3-2-4-7(9)8(6)10;1-8-3-6(4-9)2-7(8)5-10/h2-5,7-8H,6H2,1H3;2-4,11H,5H2,1H3;5-7,9H,2-4H2,1H3. The Kier molecular flexibility index (Phi) is 11.9. The Morgan fingerprint density at radius 3 is 2.50 bits per heavy atom. The number of aliphatic hydroxyl groups is 1. The maximum absolute atomic E-state index is 13.0. The molecule has 9 heteroatoms. The van der Waals surface area contributed by atoms with Gasteiger partial charge in [0.2, 0.25) is 0 Å². The Morgan fingerprint density at radius 1 is 1.22 bits per heavy atom. The Balaban J connectivity index is 0.000000196. The van der Waals surface area contributed by atoms with Gasteiger partial charge in [-0.25, -0.2) is 4.39 Å². The summed E-state index contributed by atoms with van der Waals surface area (Å²) in [5, 5.41) is 12.7. The van der Waals surface area contributed by atoms with Crippen molar-refractivity contribution in [2.24, 2.45) is 5.92 Å². The summed E-state index contributed by atoms with van der Waals surface area (Å²) >= 11 is 5.55. The molecule has 2 heterocycles. The number of aromatic nitrogens is 1. The van der Waals surface area contributed by atoms with E-state index in [1.807, 2.05) is 36.2 Å². The number of nitrogens with one attached hydrogen (secondary N) is 1. The summed E-state index contributed by atoms with van der Waals surface area (Å²) in [5.41, 5.74) is 2.20. The molecule has 1 aliphatic heterocycles. The van der Waals surface area contributed by atoms with Gasteiger partial charge in [0, 0.05) is 47.9 Å². The van der Waals surface area contributed by atoms with Crippen molar-refractivity contribution in [1.29, 1.82) is 0 Å². The van der Waals surface area contributed by atoms with Gasteiger partial charge in [-0.2, -0.15) is 0 Å². The number of Topliss-reactive ketones (excluding diaryl/α,β-unsaturated/α-hetero) is 1. The predicted octanol–water partition coefficient (Wildman–Crippen LogP) is 3.74. The van der Waals surface area contributed by atoms with Gasteiger partial charge >= 0.3 is 0 Å². The van der Waals surface area contributed by atoms with Crippen molar-refractivity contribution in [3.05, 3.63) is 70.6 Å². The predicted molar refractivity (Wildman–Crippen MR) is 140 cm³/mol. The summed E-state index contributed by atoms with van der Waals surface area (Å²) in [6.07, 6.45) is 4.34. The zero-order valence-electron chi connectivity index (χ0n) is 20.8. The average Bonchev–Trinajstić information content (AvgIpc) is 3.43. The molecule has 2 atom stereocenters. The van der Waals surface area contributed by atoms with E-state index in [2.05, 4.69) is 5.32 Å². The van der Waals surface area contributed by atoms with Gasteiger partial charge in [-0.3, -0.25) is 9.69 Å². The Hall–Kier alpha value is -2.91. The number of hydrogen-bond donors (Lipinski definition) is 2. The molecule has 0 saturated carbocycles. The summed E-state index contributed by atoms with van der Waals surface area (Å²) in [5.74, 6) is -0.000402. The van der Waals surface area contributed by atoms with Gasteiger partial charge in [0.1, 0.15) is 18.4 Å². The van der Waals surface area contributed by atoms with Crippen LogP contribution in [0.4, 0.5) is 4.39 Å². The van der Waals surface area contributed by atoms with Crippen LogP contribution in [0.25, 0.3) is 10.9 Å². The first-order valence-electron chi connectivity index (χ1n) is 11.6. The number of carbonyl (C=O) groups excluding carboxylic acids is 3. The third kappa shape index (κ3) is 7.80. The summed E-state index contributed by atoms with van der Waals surface area (Å²) in [7, 11) is 3.68. The molecule has 0 aliphatic carbocycles. The molecular weight excluding hydrogens is 485 g/mol. The second-order valence-electron chi connectivity index (χ2n) is 8.61. The summed E-state index contributed by atoms with van der Waals surface area (Å²) < 4.78 is 14.8. The Labute approximate surface area is 215 Å². The van der Waals surface area contributed by atoms with E-state index in [0.29, 0.717) is 23.6 Å². The average molecular weight is 518 g/mol. The summed E-state index contributed by atoms with van der Waals surface area (Å²) in [4.78, 5) is 34.2. The number of para-hydroxylation sites is 1. The molecular formula is C27H33ClFN3O4. The lowest BCUT2D eigenvalue weighted by molar-refractivity contribution is -0.111. The van der Waals surface area contributed by atoms with Crippen molar-refractivity contribution in [2.45, 2.75) is 32.5 Å². The monoisotopic (exact) mass is 517 g/mol. The number of aliphatic hydroxyl groups excluding tert-OH is 1. The van der Waals surface area contributed by atoms with E-state index in [9.17, 15) is 18.8 Å². The number of benzene rings is 2. The molecule has 4 rings (SSSR count). The molecule has 1 aromatic heterocycles. The third-order valence-electron chi connectivity index (χ3n) is 5.94. The van der Waals surface area contributed by atoms with Crippen molar-refractivity contribution < 1.29 is 23.9 Å². The molecule has 2 aromatic carbocycles. The number of likely N-dealkylation sites (tertiary alicyclic amines) is 1. The van der Waals surface area contributed by atoms with Gasteiger partial charge in [0.05, 0.1) is 17.6 Å². The SMILES string of the molecule is CC(=O)c1cn(CC=O)c2ccccc12.CN1CC(CO)CC1C=O.CNCc1cccc(Cl)c1F. The van der Waals surface area contributed by atoms with Gasteiger partial charge in [0.25, 0.3) is 0 Å². The van der Waals surface area contributed by atoms with E-state index in [4.69, 9.17) is 16.7 Å². The maximum Gasteiger partial charge on any atom is 0.161 e. The number of nitrogens with zero attached hydrogens (tertiary/aromatic N) is 2. The molecule has 7 nitrogen and oxygen atoms in total. The molecule has 1 aliphatic rings. The number of hydrogen-bond acceptors (Lipinski definition) is 6. The van der Waals surface area contributed by atoms with Crippen LogP contribution < -0.4 is 5.32 Å². The summed E-state index contributed by atoms with van der Waals surface area (Å²) in [6, 6.07) is 12.6. The van der Waals surface area contributed by atoms with Crippen LogP contribution in [0.15, 0.2) is 48.7 Å². The minimum atomic E-state index is -0.330. The molecule has 0 spiro atoms. The van der Waals surface area contributed by atoms with E-state index in [-0.39, 0.29) is 35.8 Å². The molecule has 2 N–H and O–H groups in total. The number of rotatable bonds is 7. The van der Waals surface area contributed by atoms with Crippen LogP contribution in [0.3, 0.4) is 0 Å². The van der Waals surface area contributed by atoms with E-state index >= 15 is 0 Å². The van der Waals surface area contributed by atoms with E-state index in [1.165, 1.54) is 13.0 Å². The Morgan fingerprint density at radius 2 is 1.94 bits per heavy atom. The fourth-order valence-corrected chi connectivity index (χ4v) is 4.26. The van der Waals surface area contributed by atoms with E-state index in [1.54, 1.807) is 29.9 Å². The fraction of sp³-hybridized carbons (Fsp3) is 0.370. The van der Waals surface area contributed by atoms with Crippen LogP contribution in [0.1, 0.15) is 29.3 Å². The lowest BCUT2D eigenvalue weighted by atomic mass is 10.1. The second kappa shape index (κ2) is 14.6. The number of carbonyl (C=O) groups is 3. The molecule has 194 valence electrons. The molecule has 3 aromatic rings. The van der Waals surface area contributed by atoms with Crippen LogP contribution in [-0.4, -0.2) is 66.2 Å². The van der Waals surface area contributed by atoms with Crippen molar-refractivity contribution in [3.8, 4) is 0 Å². The molecule has 0 amide bonds. The van der Waals surface area contributed by atoms with E-state index < -0.39 is 0 Å². The first kappa shape index (κ1) is 29.3. The fourth-order valence-electron chi connectivity index (χ4n) is 4.06. The first-order chi connectivity index (χ1) is 17.3. The molecule has 1 fully saturated rings. The maximum atomic E-state index is 13.0. The van der Waals surface area contributed by atoms with Crippen molar-refractivity contribution in [3.63, 3.8) is 0 Å². The second-order valence-corrected chi connectivity index (χ2v) is 9.01. The quantitative estimate of drug-likeness (QED) is 0.366. The van der Waals surface area contributed by atoms with Crippen molar-refractivity contribution >= 4 is 40.9 Å². The van der Waals surface area contributed by atoms with Gasteiger partial charge in [0.15, 0.2) is 5.78 Å². The first-order valence-corrected chi connectivity index (χ1v) is 12.0. The van der Waals surface area contributed by atoms with E-state index in [0.717, 1.165) is 36.4 Å².